The van der Waals surface area contributed by atoms with Crippen LogP contribution in [0.15, 0.2) is 4.52 Å². The van der Waals surface area contributed by atoms with Crippen molar-refractivity contribution in [3.05, 3.63) is 11.7 Å². The van der Waals surface area contributed by atoms with E-state index in [0.717, 1.165) is 6.42 Å². The third-order valence-corrected chi connectivity index (χ3v) is 3.47. The Bertz CT molecular complexity index is 486. The number of aryl methyl sites for hydroxylation is 2. The van der Waals surface area contributed by atoms with Crippen LogP contribution in [0.3, 0.4) is 0 Å². The predicted molar refractivity (Wildman–Crippen MR) is 68.9 cm³/mol. The summed E-state index contributed by atoms with van der Waals surface area (Å²) in [6.45, 7) is 2.73. The number of hydrogen-bond acceptors (Lipinski definition) is 5. The average molecular weight is 281 g/mol. The van der Waals surface area contributed by atoms with Gasteiger partial charge in [0.1, 0.15) is 0 Å². The molecule has 2 rings (SSSR count). The summed E-state index contributed by atoms with van der Waals surface area (Å²) in [5.74, 6) is -0.105. The second-order valence-corrected chi connectivity index (χ2v) is 5.11. The fourth-order valence-electron chi connectivity index (χ4n) is 2.40. The molecule has 2 heterocycles. The molecule has 0 bridgehead atoms. The van der Waals surface area contributed by atoms with Gasteiger partial charge in [-0.25, -0.2) is 0 Å². The van der Waals surface area contributed by atoms with Gasteiger partial charge in [-0.15, -0.1) is 0 Å². The fourth-order valence-corrected chi connectivity index (χ4v) is 2.40. The maximum absolute atomic E-state index is 12.0. The number of carboxylic acids is 1. The lowest BCUT2D eigenvalue weighted by atomic mass is 9.98. The summed E-state index contributed by atoms with van der Waals surface area (Å²) in [7, 11) is 0. The van der Waals surface area contributed by atoms with Crippen LogP contribution < -0.4 is 0 Å². The van der Waals surface area contributed by atoms with E-state index >= 15 is 0 Å². The molecule has 1 amide bonds. The summed E-state index contributed by atoms with van der Waals surface area (Å²) in [4.78, 5) is 28.7. The molecular weight excluding hydrogens is 262 g/mol. The van der Waals surface area contributed by atoms with Crippen LogP contribution in [0.4, 0.5) is 0 Å². The predicted octanol–water partition coefficient (Wildman–Crippen LogP) is 1.02. The number of rotatable bonds is 5. The molecule has 1 atom stereocenters. The van der Waals surface area contributed by atoms with Crippen molar-refractivity contribution in [2.24, 2.45) is 5.92 Å². The maximum Gasteiger partial charge on any atom is 0.308 e. The van der Waals surface area contributed by atoms with Gasteiger partial charge in [-0.3, -0.25) is 9.59 Å². The highest BCUT2D eigenvalue weighted by Gasteiger charge is 2.27. The van der Waals surface area contributed by atoms with Gasteiger partial charge in [-0.2, -0.15) is 4.98 Å². The Morgan fingerprint density at radius 3 is 2.95 bits per heavy atom. The molecule has 7 nitrogen and oxygen atoms in total. The minimum atomic E-state index is -0.816. The first-order chi connectivity index (χ1) is 9.56. The Morgan fingerprint density at radius 2 is 2.30 bits per heavy atom. The third-order valence-electron chi connectivity index (χ3n) is 3.47. The monoisotopic (exact) mass is 281 g/mol. The molecule has 0 unspecified atom stereocenters. The van der Waals surface area contributed by atoms with Gasteiger partial charge in [-0.05, 0) is 26.2 Å². The molecule has 0 saturated carbocycles. The zero-order chi connectivity index (χ0) is 14.5. The van der Waals surface area contributed by atoms with Crippen LogP contribution in [0.2, 0.25) is 0 Å². The Labute approximate surface area is 117 Å². The van der Waals surface area contributed by atoms with E-state index in [1.165, 1.54) is 0 Å². The minimum absolute atomic E-state index is 0.00665. The molecule has 0 aromatic carbocycles. The number of likely N-dealkylation sites (tertiary alicyclic amines) is 1. The smallest absolute Gasteiger partial charge is 0.308 e. The third kappa shape index (κ3) is 3.79. The topological polar surface area (TPSA) is 96.5 Å². The maximum atomic E-state index is 12.0. The van der Waals surface area contributed by atoms with Crippen LogP contribution in [0, 0.1) is 12.8 Å². The molecule has 1 N–H and O–H groups in total. The van der Waals surface area contributed by atoms with Crippen LogP contribution >= 0.6 is 0 Å². The molecular formula is C13H19N3O4. The average Bonchev–Trinajstić information content (AvgIpc) is 2.84. The number of piperidine rings is 1. The molecule has 20 heavy (non-hydrogen) atoms. The van der Waals surface area contributed by atoms with E-state index in [9.17, 15) is 9.59 Å². The van der Waals surface area contributed by atoms with Crippen molar-refractivity contribution in [1.29, 1.82) is 0 Å². The lowest BCUT2D eigenvalue weighted by Crippen LogP contribution is -2.42. The van der Waals surface area contributed by atoms with Crippen LogP contribution in [0.5, 0.6) is 0 Å². The summed E-state index contributed by atoms with van der Waals surface area (Å²) >= 11 is 0. The highest BCUT2D eigenvalue weighted by Crippen LogP contribution is 2.18. The lowest BCUT2D eigenvalue weighted by Gasteiger charge is -2.30. The van der Waals surface area contributed by atoms with Gasteiger partial charge in [0.15, 0.2) is 5.82 Å². The van der Waals surface area contributed by atoms with Crippen molar-refractivity contribution in [2.45, 2.75) is 39.0 Å². The van der Waals surface area contributed by atoms with Crippen LogP contribution in [-0.2, 0) is 16.0 Å². The molecule has 0 spiro atoms. The van der Waals surface area contributed by atoms with Crippen molar-refractivity contribution in [2.75, 3.05) is 13.1 Å². The van der Waals surface area contributed by atoms with Crippen molar-refractivity contribution < 1.29 is 19.2 Å². The molecule has 1 aromatic rings. The molecule has 0 radical (unpaired) electrons. The van der Waals surface area contributed by atoms with E-state index in [2.05, 4.69) is 10.1 Å². The number of amides is 1. The van der Waals surface area contributed by atoms with E-state index in [-0.39, 0.29) is 5.91 Å². The molecule has 1 fully saturated rings. The molecule has 1 saturated heterocycles. The molecule has 1 aliphatic rings. The summed E-state index contributed by atoms with van der Waals surface area (Å²) in [6.07, 6.45) is 3.00. The van der Waals surface area contributed by atoms with Gasteiger partial charge in [0.25, 0.3) is 0 Å². The molecule has 1 aliphatic heterocycles. The van der Waals surface area contributed by atoms with Gasteiger partial charge in [0.05, 0.1) is 5.92 Å². The fraction of sp³-hybridized carbons (Fsp3) is 0.692. The van der Waals surface area contributed by atoms with Gasteiger partial charge >= 0.3 is 5.97 Å². The number of aromatic nitrogens is 2. The Balaban J connectivity index is 1.75. The number of hydrogen-bond donors (Lipinski definition) is 1. The first-order valence-electron chi connectivity index (χ1n) is 6.86. The summed E-state index contributed by atoms with van der Waals surface area (Å²) in [6, 6.07) is 0. The van der Waals surface area contributed by atoms with Crippen LogP contribution in [0.25, 0.3) is 0 Å². The quantitative estimate of drug-likeness (QED) is 0.865. The first-order valence-corrected chi connectivity index (χ1v) is 6.86. The van der Waals surface area contributed by atoms with E-state index < -0.39 is 11.9 Å². The zero-order valence-electron chi connectivity index (χ0n) is 11.5. The van der Waals surface area contributed by atoms with Crippen LogP contribution in [-0.4, -0.2) is 45.1 Å². The number of aliphatic carboxylic acids is 1. The van der Waals surface area contributed by atoms with Crippen molar-refractivity contribution in [1.82, 2.24) is 15.0 Å². The van der Waals surface area contributed by atoms with Crippen LogP contribution in [0.1, 0.15) is 37.4 Å². The Kier molecular flexibility index (Phi) is 4.70. The van der Waals surface area contributed by atoms with Crippen molar-refractivity contribution in [3.63, 3.8) is 0 Å². The number of carbonyl (C=O) groups excluding carboxylic acids is 1. The number of carbonyl (C=O) groups is 2. The molecule has 110 valence electrons. The Morgan fingerprint density at radius 1 is 1.50 bits per heavy atom. The first kappa shape index (κ1) is 14.5. The van der Waals surface area contributed by atoms with Crippen molar-refractivity contribution in [3.8, 4) is 0 Å². The van der Waals surface area contributed by atoms with Gasteiger partial charge in [-0.1, -0.05) is 5.16 Å². The highest BCUT2D eigenvalue weighted by atomic mass is 16.5. The van der Waals surface area contributed by atoms with Crippen molar-refractivity contribution >= 4 is 11.9 Å². The normalized spacial score (nSPS) is 19.1. The second-order valence-electron chi connectivity index (χ2n) is 5.11. The number of nitrogens with zero attached hydrogens (tertiary/aromatic N) is 3. The van der Waals surface area contributed by atoms with Gasteiger partial charge in [0, 0.05) is 25.9 Å². The summed E-state index contributed by atoms with van der Waals surface area (Å²) in [5, 5.41) is 12.7. The summed E-state index contributed by atoms with van der Waals surface area (Å²) < 4.78 is 4.98. The van der Waals surface area contributed by atoms with E-state index in [1.807, 2.05) is 0 Å². The highest BCUT2D eigenvalue weighted by molar-refractivity contribution is 5.78. The Hall–Kier alpha value is -1.92. The molecule has 1 aromatic heterocycles. The zero-order valence-corrected chi connectivity index (χ0v) is 11.5. The van der Waals surface area contributed by atoms with E-state index in [0.29, 0.717) is 50.5 Å². The SMILES string of the molecule is Cc1noc(CCCC(=O)N2CCC[C@H](C(=O)O)C2)n1. The van der Waals surface area contributed by atoms with Gasteiger partial charge < -0.3 is 14.5 Å². The van der Waals surface area contributed by atoms with Gasteiger partial charge in [0.2, 0.25) is 11.8 Å². The largest absolute Gasteiger partial charge is 0.481 e. The molecule has 0 aliphatic carbocycles. The number of carboxylic acid groups (broad SMARTS) is 1. The second kappa shape index (κ2) is 6.49. The summed E-state index contributed by atoms with van der Waals surface area (Å²) in [5.41, 5.74) is 0. The standard InChI is InChI=1S/C13H19N3O4/c1-9-14-11(20-15-9)5-2-6-12(17)16-7-3-4-10(8-16)13(18)19/h10H,2-8H2,1H3,(H,18,19)/t10-/m0/s1. The lowest BCUT2D eigenvalue weighted by molar-refractivity contribution is -0.145. The van der Waals surface area contributed by atoms with E-state index in [1.54, 1.807) is 11.8 Å². The minimum Gasteiger partial charge on any atom is -0.481 e. The molecule has 7 heteroatoms. The van der Waals surface area contributed by atoms with E-state index in [4.69, 9.17) is 9.63 Å².